The van der Waals surface area contributed by atoms with Crippen molar-refractivity contribution in [1.82, 2.24) is 9.97 Å². The van der Waals surface area contributed by atoms with E-state index in [-0.39, 0.29) is 38.2 Å². The van der Waals surface area contributed by atoms with Crippen molar-refractivity contribution in [2.75, 3.05) is 37.8 Å². The zero-order chi connectivity index (χ0) is 16.5. The maximum Gasteiger partial charge on any atom is 0.330 e. The Morgan fingerprint density at radius 2 is 1.95 bits per heavy atom. The molecule has 7 nitrogen and oxygen atoms in total. The topological polar surface area (TPSA) is 95.8 Å². The van der Waals surface area contributed by atoms with Gasteiger partial charge in [-0.15, -0.1) is 0 Å². The number of nitrogens with zero attached hydrogens (tertiary/aromatic N) is 3. The maximum absolute atomic E-state index is 11.5. The number of halogens is 1. The third-order valence-electron chi connectivity index (χ3n) is 2.80. The second-order valence-electron chi connectivity index (χ2n) is 4.33. The molecule has 1 aromatic rings. The molecule has 1 heterocycles. The normalized spacial score (nSPS) is 11.0. The molecule has 0 aromatic carbocycles. The minimum Gasteiger partial charge on any atom is -0.463 e. The summed E-state index contributed by atoms with van der Waals surface area (Å²) < 4.78 is 4.84. The molecule has 0 amide bonds. The highest BCUT2D eigenvalue weighted by Gasteiger charge is 2.15. The van der Waals surface area contributed by atoms with Crippen LogP contribution in [0.25, 0.3) is 6.08 Å². The molecule has 1 aromatic heterocycles. The van der Waals surface area contributed by atoms with E-state index in [1.54, 1.807) is 24.8 Å². The van der Waals surface area contributed by atoms with E-state index in [2.05, 4.69) is 9.97 Å². The van der Waals surface area contributed by atoms with Gasteiger partial charge in [-0.3, -0.25) is 0 Å². The fourth-order valence-corrected chi connectivity index (χ4v) is 2.08. The van der Waals surface area contributed by atoms with E-state index in [0.717, 1.165) is 0 Å². The van der Waals surface area contributed by atoms with Crippen molar-refractivity contribution < 1.29 is 19.7 Å². The van der Waals surface area contributed by atoms with Crippen molar-refractivity contribution in [1.29, 1.82) is 0 Å². The lowest BCUT2D eigenvalue weighted by Crippen LogP contribution is -2.31. The van der Waals surface area contributed by atoms with Crippen LogP contribution in [0.2, 0.25) is 5.28 Å². The van der Waals surface area contributed by atoms with Crippen molar-refractivity contribution in [3.63, 3.8) is 0 Å². The van der Waals surface area contributed by atoms with Crippen LogP contribution in [0.5, 0.6) is 0 Å². The number of hydrogen-bond acceptors (Lipinski definition) is 7. The number of ether oxygens (including phenoxy) is 1. The van der Waals surface area contributed by atoms with E-state index in [4.69, 9.17) is 26.6 Å². The summed E-state index contributed by atoms with van der Waals surface area (Å²) >= 11 is 5.89. The minimum absolute atomic E-state index is 0.0571. The van der Waals surface area contributed by atoms with Crippen LogP contribution in [0.3, 0.4) is 0 Å². The molecule has 1 rings (SSSR count). The Hall–Kier alpha value is -1.70. The number of aliphatic hydroxyl groups excluding tert-OH is 2. The molecular formula is C14H20ClN3O4. The Balaban J connectivity index is 3.21. The van der Waals surface area contributed by atoms with E-state index in [0.29, 0.717) is 17.1 Å². The number of aromatic nitrogens is 2. The van der Waals surface area contributed by atoms with Gasteiger partial charge in [-0.25, -0.2) is 9.78 Å². The summed E-state index contributed by atoms with van der Waals surface area (Å²) in [5.41, 5.74) is 1.16. The zero-order valence-electron chi connectivity index (χ0n) is 12.6. The molecule has 0 radical (unpaired) electrons. The van der Waals surface area contributed by atoms with Gasteiger partial charge in [0.1, 0.15) is 5.82 Å². The standard InChI is InChI=1S/C14H20ClN3O4/c1-3-22-12(21)5-4-11-10(2)16-14(15)17-13(11)18(6-8-19)7-9-20/h4-5,19-20H,3,6-9H2,1-2H3. The van der Waals surface area contributed by atoms with Crippen molar-refractivity contribution in [3.05, 3.63) is 22.6 Å². The van der Waals surface area contributed by atoms with E-state index >= 15 is 0 Å². The fourth-order valence-electron chi connectivity index (χ4n) is 1.88. The molecule has 0 bridgehead atoms. The number of carbonyl (C=O) groups is 1. The van der Waals surface area contributed by atoms with Gasteiger partial charge in [0.2, 0.25) is 5.28 Å². The van der Waals surface area contributed by atoms with Gasteiger partial charge in [0.05, 0.1) is 25.5 Å². The first-order valence-corrected chi connectivity index (χ1v) is 7.26. The molecule has 0 saturated carbocycles. The first-order chi connectivity index (χ1) is 10.5. The SMILES string of the molecule is CCOC(=O)C=Cc1c(C)nc(Cl)nc1N(CCO)CCO. The summed E-state index contributed by atoms with van der Waals surface area (Å²) in [6.45, 7) is 4.06. The van der Waals surface area contributed by atoms with Gasteiger partial charge in [0.25, 0.3) is 0 Å². The van der Waals surface area contributed by atoms with Crippen LogP contribution in [0.1, 0.15) is 18.2 Å². The number of esters is 1. The Labute approximate surface area is 134 Å². The predicted octanol–water partition coefficient (Wildman–Crippen LogP) is 0.806. The molecule has 2 N–H and O–H groups in total. The number of anilines is 1. The molecule has 0 saturated heterocycles. The highest BCUT2D eigenvalue weighted by atomic mass is 35.5. The average Bonchev–Trinajstić information content (AvgIpc) is 2.45. The highest BCUT2D eigenvalue weighted by molar-refractivity contribution is 6.28. The molecular weight excluding hydrogens is 310 g/mol. The number of rotatable bonds is 8. The average molecular weight is 330 g/mol. The third-order valence-corrected chi connectivity index (χ3v) is 2.97. The van der Waals surface area contributed by atoms with Crippen molar-refractivity contribution in [2.24, 2.45) is 0 Å². The molecule has 0 spiro atoms. The molecule has 0 unspecified atom stereocenters. The Morgan fingerprint density at radius 1 is 1.32 bits per heavy atom. The number of hydrogen-bond donors (Lipinski definition) is 2. The highest BCUT2D eigenvalue weighted by Crippen LogP contribution is 2.23. The minimum atomic E-state index is -0.473. The van der Waals surface area contributed by atoms with Crippen LogP contribution in [0.15, 0.2) is 6.08 Å². The monoisotopic (exact) mass is 329 g/mol. The molecule has 0 aliphatic heterocycles. The molecule has 0 atom stereocenters. The van der Waals surface area contributed by atoms with Crippen molar-refractivity contribution >= 4 is 29.5 Å². The van der Waals surface area contributed by atoms with Crippen LogP contribution in [-0.2, 0) is 9.53 Å². The summed E-state index contributed by atoms with van der Waals surface area (Å²) in [5, 5.41) is 18.4. The molecule has 0 aliphatic carbocycles. The summed E-state index contributed by atoms with van der Waals surface area (Å²) in [6, 6.07) is 0. The maximum atomic E-state index is 11.5. The van der Waals surface area contributed by atoms with E-state index < -0.39 is 5.97 Å². The first-order valence-electron chi connectivity index (χ1n) is 6.89. The van der Waals surface area contributed by atoms with Gasteiger partial charge < -0.3 is 19.8 Å². The Bertz CT molecular complexity index is 531. The lowest BCUT2D eigenvalue weighted by molar-refractivity contribution is -0.137. The fraction of sp³-hybridized carbons (Fsp3) is 0.500. The number of aliphatic hydroxyl groups is 2. The van der Waals surface area contributed by atoms with Crippen molar-refractivity contribution in [2.45, 2.75) is 13.8 Å². The quantitative estimate of drug-likeness (QED) is 0.414. The van der Waals surface area contributed by atoms with Crippen molar-refractivity contribution in [3.8, 4) is 0 Å². The Kier molecular flexibility index (Phi) is 7.79. The van der Waals surface area contributed by atoms with Crippen LogP contribution in [0.4, 0.5) is 5.82 Å². The molecule has 122 valence electrons. The second kappa shape index (κ2) is 9.34. The molecule has 0 fully saturated rings. The number of carbonyl (C=O) groups excluding carboxylic acids is 1. The van der Waals surface area contributed by atoms with Gasteiger partial charge >= 0.3 is 5.97 Å². The van der Waals surface area contributed by atoms with Crippen LogP contribution < -0.4 is 4.90 Å². The largest absolute Gasteiger partial charge is 0.463 e. The van der Waals surface area contributed by atoms with Gasteiger partial charge in [-0.05, 0) is 31.5 Å². The number of aryl methyl sites for hydroxylation is 1. The summed E-state index contributed by atoms with van der Waals surface area (Å²) in [5.74, 6) is -0.0279. The summed E-state index contributed by atoms with van der Waals surface area (Å²) in [7, 11) is 0. The van der Waals surface area contributed by atoms with E-state index in [9.17, 15) is 4.79 Å². The van der Waals surface area contributed by atoms with Gasteiger partial charge in [-0.2, -0.15) is 4.98 Å². The third kappa shape index (κ3) is 5.25. The van der Waals surface area contributed by atoms with Crippen LogP contribution in [0, 0.1) is 6.92 Å². The first kappa shape index (κ1) is 18.3. The molecule has 8 heteroatoms. The van der Waals surface area contributed by atoms with Gasteiger partial charge in [-0.1, -0.05) is 0 Å². The molecule has 22 heavy (non-hydrogen) atoms. The lowest BCUT2D eigenvalue weighted by Gasteiger charge is -2.24. The zero-order valence-corrected chi connectivity index (χ0v) is 13.4. The van der Waals surface area contributed by atoms with Crippen LogP contribution >= 0.6 is 11.6 Å². The summed E-state index contributed by atoms with van der Waals surface area (Å²) in [4.78, 5) is 21.3. The summed E-state index contributed by atoms with van der Waals surface area (Å²) in [6.07, 6.45) is 2.82. The predicted molar refractivity (Wildman–Crippen MR) is 83.8 cm³/mol. The van der Waals surface area contributed by atoms with E-state index in [1.807, 2.05) is 0 Å². The lowest BCUT2D eigenvalue weighted by atomic mass is 10.2. The van der Waals surface area contributed by atoms with Crippen LogP contribution in [-0.4, -0.2) is 59.1 Å². The Morgan fingerprint density at radius 3 is 2.50 bits per heavy atom. The van der Waals surface area contributed by atoms with Gasteiger partial charge in [0, 0.05) is 24.7 Å². The smallest absolute Gasteiger partial charge is 0.330 e. The van der Waals surface area contributed by atoms with E-state index in [1.165, 1.54) is 6.08 Å². The second-order valence-corrected chi connectivity index (χ2v) is 4.67. The molecule has 0 aliphatic rings. The van der Waals surface area contributed by atoms with Gasteiger partial charge in [0.15, 0.2) is 0 Å².